The molecule has 5 nitrogen and oxygen atoms in total. The first-order valence-electron chi connectivity index (χ1n) is 7.78. The Morgan fingerprint density at radius 1 is 1.15 bits per heavy atom. The van der Waals surface area contributed by atoms with Crippen molar-refractivity contribution >= 4 is 23.4 Å². The van der Waals surface area contributed by atoms with Crippen LogP contribution >= 0.6 is 23.4 Å². The average molecular weight is 394 g/mol. The molecular weight excluding hydrogens is 377 g/mol. The molecule has 1 aromatic heterocycles. The van der Waals surface area contributed by atoms with Gasteiger partial charge in [0.1, 0.15) is 12.4 Å². The summed E-state index contributed by atoms with van der Waals surface area (Å²) in [7, 11) is 3.32. The zero-order valence-electron chi connectivity index (χ0n) is 14.3. The monoisotopic (exact) mass is 393 g/mol. The fourth-order valence-corrected chi connectivity index (χ4v) is 3.22. The van der Waals surface area contributed by atoms with Gasteiger partial charge in [-0.25, -0.2) is 4.39 Å². The van der Waals surface area contributed by atoms with Gasteiger partial charge in [-0.15, -0.1) is 10.2 Å². The van der Waals surface area contributed by atoms with Crippen molar-refractivity contribution in [2.75, 3.05) is 7.11 Å². The molecule has 0 bridgehead atoms. The largest absolute Gasteiger partial charge is 0.494 e. The number of thioether (sulfide) groups is 1. The fourth-order valence-electron chi connectivity index (χ4n) is 2.22. The number of hydrogen-bond acceptors (Lipinski definition) is 5. The summed E-state index contributed by atoms with van der Waals surface area (Å²) in [6.45, 7) is 0.295. The summed E-state index contributed by atoms with van der Waals surface area (Å²) in [5, 5.41) is 9.71. The molecule has 0 aliphatic rings. The molecule has 0 aliphatic carbocycles. The van der Waals surface area contributed by atoms with Crippen molar-refractivity contribution in [1.29, 1.82) is 0 Å². The van der Waals surface area contributed by atoms with E-state index in [-0.39, 0.29) is 11.6 Å². The smallest absolute Gasteiger partial charge is 0.191 e. The molecule has 2 aromatic carbocycles. The van der Waals surface area contributed by atoms with Gasteiger partial charge >= 0.3 is 0 Å². The van der Waals surface area contributed by atoms with Crippen molar-refractivity contribution in [1.82, 2.24) is 14.8 Å². The van der Waals surface area contributed by atoms with Crippen molar-refractivity contribution in [2.24, 2.45) is 7.05 Å². The predicted molar refractivity (Wildman–Crippen MR) is 99.3 cm³/mol. The number of aromatic nitrogens is 3. The van der Waals surface area contributed by atoms with E-state index >= 15 is 0 Å². The van der Waals surface area contributed by atoms with Gasteiger partial charge < -0.3 is 14.0 Å². The van der Waals surface area contributed by atoms with Crippen molar-refractivity contribution in [3.63, 3.8) is 0 Å². The van der Waals surface area contributed by atoms with Gasteiger partial charge in [-0.05, 0) is 42.0 Å². The Morgan fingerprint density at radius 2 is 1.92 bits per heavy atom. The number of benzene rings is 2. The normalized spacial score (nSPS) is 10.8. The maximum absolute atomic E-state index is 13.8. The summed E-state index contributed by atoms with van der Waals surface area (Å²) in [6, 6.07) is 12.0. The van der Waals surface area contributed by atoms with Gasteiger partial charge in [0.15, 0.2) is 22.5 Å². The van der Waals surface area contributed by atoms with Crippen LogP contribution in [-0.2, 0) is 19.4 Å². The molecule has 0 spiro atoms. The zero-order valence-corrected chi connectivity index (χ0v) is 15.9. The molecule has 0 atom stereocenters. The highest BCUT2D eigenvalue weighted by Gasteiger charge is 2.11. The number of nitrogens with zero attached hydrogens (tertiary/aromatic N) is 3. The van der Waals surface area contributed by atoms with Crippen LogP contribution in [0.25, 0.3) is 0 Å². The molecule has 0 aliphatic heterocycles. The Bertz CT molecular complexity index is 887. The van der Waals surface area contributed by atoms with Gasteiger partial charge in [0.05, 0.1) is 7.11 Å². The third kappa shape index (κ3) is 4.47. The molecule has 0 unspecified atom stereocenters. The fraction of sp³-hybridized carbons (Fsp3) is 0.222. The maximum Gasteiger partial charge on any atom is 0.191 e. The molecule has 0 fully saturated rings. The van der Waals surface area contributed by atoms with E-state index in [1.807, 2.05) is 17.7 Å². The van der Waals surface area contributed by atoms with E-state index in [9.17, 15) is 4.39 Å². The van der Waals surface area contributed by atoms with Crippen LogP contribution in [-0.4, -0.2) is 21.9 Å². The lowest BCUT2D eigenvalue weighted by Crippen LogP contribution is -2.04. The minimum Gasteiger partial charge on any atom is -0.494 e. The Kier molecular flexibility index (Phi) is 6.00. The molecule has 26 heavy (non-hydrogen) atoms. The van der Waals surface area contributed by atoms with Crippen molar-refractivity contribution in [2.45, 2.75) is 17.5 Å². The summed E-state index contributed by atoms with van der Waals surface area (Å²) < 4.78 is 26.2. The number of rotatable bonds is 7. The van der Waals surface area contributed by atoms with E-state index in [1.165, 1.54) is 24.9 Å². The molecule has 0 saturated carbocycles. The predicted octanol–water partition coefficient (Wildman–Crippen LogP) is 4.49. The van der Waals surface area contributed by atoms with Crippen LogP contribution in [0.3, 0.4) is 0 Å². The number of ether oxygens (including phenoxy) is 2. The van der Waals surface area contributed by atoms with E-state index in [0.717, 1.165) is 10.7 Å². The second-order valence-electron chi connectivity index (χ2n) is 5.46. The molecular formula is C18H17ClFN3O2S. The van der Waals surface area contributed by atoms with Gasteiger partial charge in [-0.1, -0.05) is 29.4 Å². The van der Waals surface area contributed by atoms with Crippen molar-refractivity contribution < 1.29 is 13.9 Å². The minimum atomic E-state index is -0.374. The first kappa shape index (κ1) is 18.5. The number of halogens is 2. The first-order valence-corrected chi connectivity index (χ1v) is 9.15. The van der Waals surface area contributed by atoms with Gasteiger partial charge in [0.2, 0.25) is 0 Å². The molecule has 3 aromatic rings. The molecule has 8 heteroatoms. The summed E-state index contributed by atoms with van der Waals surface area (Å²) >= 11 is 7.33. The topological polar surface area (TPSA) is 49.2 Å². The second kappa shape index (κ2) is 8.42. The standard InChI is InChI=1S/C18H17ClFN3O2S/c1-23-17(10-25-14-6-4-13(19)5-7-14)21-22-18(23)26-11-12-3-8-16(24-2)15(20)9-12/h3-9H,10-11H2,1-2H3. The first-order chi connectivity index (χ1) is 12.6. The maximum atomic E-state index is 13.8. The highest BCUT2D eigenvalue weighted by atomic mass is 35.5. The highest BCUT2D eigenvalue weighted by Crippen LogP contribution is 2.25. The Balaban J connectivity index is 1.60. The lowest BCUT2D eigenvalue weighted by molar-refractivity contribution is 0.290. The molecule has 0 amide bonds. The minimum absolute atomic E-state index is 0.235. The highest BCUT2D eigenvalue weighted by molar-refractivity contribution is 7.98. The van der Waals surface area contributed by atoms with E-state index in [2.05, 4.69) is 10.2 Å². The Morgan fingerprint density at radius 3 is 2.62 bits per heavy atom. The van der Waals surface area contributed by atoms with Crippen LogP contribution in [0.2, 0.25) is 5.02 Å². The SMILES string of the molecule is COc1ccc(CSc2nnc(COc3ccc(Cl)cc3)n2C)cc1F. The molecule has 0 radical (unpaired) electrons. The third-order valence-corrected chi connectivity index (χ3v) is 5.03. The molecule has 1 heterocycles. The van der Waals surface area contributed by atoms with E-state index in [0.29, 0.717) is 29.0 Å². The summed E-state index contributed by atoms with van der Waals surface area (Å²) in [4.78, 5) is 0. The summed E-state index contributed by atoms with van der Waals surface area (Å²) in [6.07, 6.45) is 0. The van der Waals surface area contributed by atoms with Gasteiger partial charge in [0.25, 0.3) is 0 Å². The average Bonchev–Trinajstić information content (AvgIpc) is 2.99. The van der Waals surface area contributed by atoms with Gasteiger partial charge in [-0.3, -0.25) is 0 Å². The van der Waals surface area contributed by atoms with Crippen LogP contribution < -0.4 is 9.47 Å². The van der Waals surface area contributed by atoms with Crippen LogP contribution in [0.1, 0.15) is 11.4 Å². The molecule has 0 saturated heterocycles. The number of methoxy groups -OCH3 is 1. The van der Waals surface area contributed by atoms with E-state index in [4.69, 9.17) is 21.1 Å². The van der Waals surface area contributed by atoms with Crippen LogP contribution in [0.4, 0.5) is 4.39 Å². The summed E-state index contributed by atoms with van der Waals surface area (Å²) in [5.74, 6) is 1.84. The van der Waals surface area contributed by atoms with Crippen molar-refractivity contribution in [3.05, 3.63) is 64.7 Å². The Labute approximate surface area is 160 Å². The number of hydrogen-bond donors (Lipinski definition) is 0. The lowest BCUT2D eigenvalue weighted by Gasteiger charge is -2.07. The van der Waals surface area contributed by atoms with Crippen LogP contribution in [0, 0.1) is 5.82 Å². The molecule has 136 valence electrons. The Hall–Kier alpha value is -2.25. The summed E-state index contributed by atoms with van der Waals surface area (Å²) in [5.41, 5.74) is 0.843. The van der Waals surface area contributed by atoms with Crippen LogP contribution in [0.15, 0.2) is 47.6 Å². The van der Waals surface area contributed by atoms with E-state index < -0.39 is 0 Å². The van der Waals surface area contributed by atoms with E-state index in [1.54, 1.807) is 30.3 Å². The van der Waals surface area contributed by atoms with Gasteiger partial charge in [-0.2, -0.15) is 0 Å². The third-order valence-electron chi connectivity index (χ3n) is 3.69. The lowest BCUT2D eigenvalue weighted by atomic mass is 10.2. The quantitative estimate of drug-likeness (QED) is 0.553. The molecule has 0 N–H and O–H groups in total. The van der Waals surface area contributed by atoms with Crippen LogP contribution in [0.5, 0.6) is 11.5 Å². The van der Waals surface area contributed by atoms with Gasteiger partial charge in [0, 0.05) is 17.8 Å². The van der Waals surface area contributed by atoms with Crippen molar-refractivity contribution in [3.8, 4) is 11.5 Å². The second-order valence-corrected chi connectivity index (χ2v) is 6.84. The molecule has 3 rings (SSSR count). The zero-order chi connectivity index (χ0) is 18.5.